The SMILES string of the molecule is Cc1ccc(CN2CC[C@@H](N(C(=O)O)c3ccc(C=CC(=O)NOC4CCCCO4)cn3)C2)o1. The number of hydroxylamine groups is 1. The molecule has 2 saturated heterocycles. The molecule has 0 radical (unpaired) electrons. The van der Waals surface area contributed by atoms with E-state index in [2.05, 4.69) is 15.4 Å². The van der Waals surface area contributed by atoms with E-state index in [1.54, 1.807) is 24.4 Å². The maximum Gasteiger partial charge on any atom is 0.413 e. The first-order chi connectivity index (χ1) is 16.5. The van der Waals surface area contributed by atoms with Crippen LogP contribution >= 0.6 is 0 Å². The topological polar surface area (TPSA) is 117 Å². The number of nitrogens with zero attached hydrogens (tertiary/aromatic N) is 3. The Balaban J connectivity index is 1.31. The molecule has 2 aliphatic rings. The van der Waals surface area contributed by atoms with Crippen LogP contribution in [0.5, 0.6) is 0 Å². The first-order valence-corrected chi connectivity index (χ1v) is 11.5. The van der Waals surface area contributed by atoms with Gasteiger partial charge in [0.2, 0.25) is 0 Å². The number of carbonyl (C=O) groups excluding carboxylic acids is 1. The van der Waals surface area contributed by atoms with Crippen LogP contribution in [-0.2, 0) is 20.9 Å². The van der Waals surface area contributed by atoms with Gasteiger partial charge < -0.3 is 14.3 Å². The van der Waals surface area contributed by atoms with Crippen LogP contribution in [0.2, 0.25) is 0 Å². The number of ether oxygens (including phenoxy) is 1. The minimum Gasteiger partial charge on any atom is -0.465 e. The van der Waals surface area contributed by atoms with E-state index in [9.17, 15) is 14.7 Å². The molecule has 1 unspecified atom stereocenters. The Bertz CT molecular complexity index is 999. The molecule has 2 N–H and O–H groups in total. The van der Waals surface area contributed by atoms with Crippen molar-refractivity contribution in [2.45, 2.75) is 51.5 Å². The summed E-state index contributed by atoms with van der Waals surface area (Å²) in [6.07, 6.45) is 6.46. The van der Waals surface area contributed by atoms with Gasteiger partial charge in [-0.3, -0.25) is 14.6 Å². The number of carboxylic acid groups (broad SMARTS) is 1. The number of anilines is 1. The van der Waals surface area contributed by atoms with Gasteiger partial charge in [-0.2, -0.15) is 0 Å². The lowest BCUT2D eigenvalue weighted by atomic mass is 10.2. The Morgan fingerprint density at radius 3 is 2.85 bits per heavy atom. The van der Waals surface area contributed by atoms with Crippen LogP contribution in [0, 0.1) is 6.92 Å². The third kappa shape index (κ3) is 6.43. The summed E-state index contributed by atoms with van der Waals surface area (Å²) in [6, 6.07) is 7.05. The second-order valence-electron chi connectivity index (χ2n) is 8.51. The molecule has 2 atom stereocenters. The summed E-state index contributed by atoms with van der Waals surface area (Å²) < 4.78 is 11.0. The number of hydrogen-bond acceptors (Lipinski definition) is 7. The van der Waals surface area contributed by atoms with Crippen LogP contribution in [0.15, 0.2) is 41.0 Å². The maximum atomic E-state index is 12.0. The quantitative estimate of drug-likeness (QED) is 0.446. The molecular formula is C24H30N4O6. The second-order valence-corrected chi connectivity index (χ2v) is 8.51. The van der Waals surface area contributed by atoms with Crippen molar-refractivity contribution in [3.8, 4) is 0 Å². The van der Waals surface area contributed by atoms with Crippen molar-refractivity contribution in [1.82, 2.24) is 15.4 Å². The third-order valence-electron chi connectivity index (χ3n) is 5.87. The standard InChI is InChI=1S/C24H30N4O6/c1-17-5-8-20(33-17)16-27-12-11-19(15-27)28(24(30)31)21-9-6-18(14-25-21)7-10-22(29)26-34-23-4-2-3-13-32-23/h5-10,14,19,23H,2-4,11-13,15-16H2,1H3,(H,26,29)(H,30,31)/t19-,23?/m1/s1. The van der Waals surface area contributed by atoms with E-state index >= 15 is 0 Å². The van der Waals surface area contributed by atoms with Crippen molar-refractivity contribution < 1.29 is 28.7 Å². The van der Waals surface area contributed by atoms with Crippen molar-refractivity contribution in [2.24, 2.45) is 0 Å². The van der Waals surface area contributed by atoms with Crippen LogP contribution in [0.25, 0.3) is 6.08 Å². The third-order valence-corrected chi connectivity index (χ3v) is 5.87. The summed E-state index contributed by atoms with van der Waals surface area (Å²) in [5.74, 6) is 1.67. The summed E-state index contributed by atoms with van der Waals surface area (Å²) in [7, 11) is 0. The predicted octanol–water partition coefficient (Wildman–Crippen LogP) is 3.33. The van der Waals surface area contributed by atoms with E-state index in [0.29, 0.717) is 37.5 Å². The van der Waals surface area contributed by atoms with E-state index in [1.165, 1.54) is 11.0 Å². The highest BCUT2D eigenvalue weighted by molar-refractivity contribution is 5.91. The maximum absolute atomic E-state index is 12.0. The lowest BCUT2D eigenvalue weighted by molar-refractivity contribution is -0.198. The Hall–Kier alpha value is -3.21. The molecule has 2 aromatic heterocycles. The first-order valence-electron chi connectivity index (χ1n) is 11.5. The van der Waals surface area contributed by atoms with Gasteiger partial charge in [-0.1, -0.05) is 0 Å². The fourth-order valence-corrected chi connectivity index (χ4v) is 4.17. The Kier molecular flexibility index (Phi) is 7.94. The Morgan fingerprint density at radius 1 is 1.29 bits per heavy atom. The number of pyridine rings is 1. The predicted molar refractivity (Wildman–Crippen MR) is 124 cm³/mol. The summed E-state index contributed by atoms with van der Waals surface area (Å²) in [6.45, 7) is 4.55. The fraction of sp³-hybridized carbons (Fsp3) is 0.458. The van der Waals surface area contributed by atoms with Crippen LogP contribution in [-0.4, -0.2) is 59.0 Å². The molecule has 2 aliphatic heterocycles. The van der Waals surface area contributed by atoms with Gasteiger partial charge in [-0.15, -0.1) is 0 Å². The highest BCUT2D eigenvalue weighted by Gasteiger charge is 2.32. The molecule has 182 valence electrons. The smallest absolute Gasteiger partial charge is 0.413 e. The first kappa shape index (κ1) is 23.9. The molecule has 2 fully saturated rings. The van der Waals surface area contributed by atoms with Crippen molar-refractivity contribution in [3.05, 3.63) is 53.6 Å². The lowest BCUT2D eigenvalue weighted by Gasteiger charge is -2.25. The summed E-state index contributed by atoms with van der Waals surface area (Å²) >= 11 is 0. The molecule has 2 amide bonds. The van der Waals surface area contributed by atoms with Crippen molar-refractivity contribution in [2.75, 3.05) is 24.6 Å². The molecule has 4 rings (SSSR count). The molecule has 0 aliphatic carbocycles. The minimum absolute atomic E-state index is 0.201. The summed E-state index contributed by atoms with van der Waals surface area (Å²) in [4.78, 5) is 37.0. The molecule has 0 saturated carbocycles. The normalized spacial score (nSPS) is 21.1. The zero-order chi connectivity index (χ0) is 23.9. The summed E-state index contributed by atoms with van der Waals surface area (Å²) in [5, 5.41) is 9.84. The average Bonchev–Trinajstić information content (AvgIpc) is 3.46. The molecule has 0 aromatic carbocycles. The Labute approximate surface area is 198 Å². The molecule has 34 heavy (non-hydrogen) atoms. The van der Waals surface area contributed by atoms with Gasteiger partial charge in [0.15, 0.2) is 6.29 Å². The van der Waals surface area contributed by atoms with Gasteiger partial charge in [0, 0.05) is 38.4 Å². The molecule has 10 nitrogen and oxygen atoms in total. The average molecular weight is 471 g/mol. The van der Waals surface area contributed by atoms with Gasteiger partial charge >= 0.3 is 6.09 Å². The molecule has 2 aromatic rings. The van der Waals surface area contributed by atoms with Crippen LogP contribution < -0.4 is 10.4 Å². The van der Waals surface area contributed by atoms with E-state index in [0.717, 1.165) is 37.3 Å². The van der Waals surface area contributed by atoms with Crippen LogP contribution in [0.3, 0.4) is 0 Å². The van der Waals surface area contributed by atoms with E-state index < -0.39 is 18.3 Å². The molecule has 0 bridgehead atoms. The monoisotopic (exact) mass is 470 g/mol. The minimum atomic E-state index is -1.04. The largest absolute Gasteiger partial charge is 0.465 e. The molecule has 10 heteroatoms. The van der Waals surface area contributed by atoms with Gasteiger partial charge in [0.25, 0.3) is 5.91 Å². The number of rotatable bonds is 8. The van der Waals surface area contributed by atoms with Crippen LogP contribution in [0.1, 0.15) is 42.8 Å². The van der Waals surface area contributed by atoms with E-state index in [1.807, 2.05) is 19.1 Å². The lowest BCUT2D eigenvalue weighted by Crippen LogP contribution is -2.41. The van der Waals surface area contributed by atoms with Crippen LogP contribution in [0.4, 0.5) is 10.6 Å². The van der Waals surface area contributed by atoms with E-state index in [4.69, 9.17) is 14.0 Å². The molecule has 0 spiro atoms. The highest BCUT2D eigenvalue weighted by Crippen LogP contribution is 2.24. The number of likely N-dealkylation sites (tertiary alicyclic amines) is 1. The highest BCUT2D eigenvalue weighted by atomic mass is 16.8. The zero-order valence-corrected chi connectivity index (χ0v) is 19.2. The van der Waals surface area contributed by atoms with Crippen molar-refractivity contribution >= 4 is 23.9 Å². The van der Waals surface area contributed by atoms with Gasteiger partial charge in [0.05, 0.1) is 12.6 Å². The number of nitrogens with one attached hydrogen (secondary N) is 1. The number of furan rings is 1. The number of carbonyl (C=O) groups is 2. The number of amides is 2. The number of hydrogen-bond donors (Lipinski definition) is 2. The molecule has 4 heterocycles. The Morgan fingerprint density at radius 2 is 2.18 bits per heavy atom. The van der Waals surface area contributed by atoms with E-state index in [-0.39, 0.29) is 6.04 Å². The second kappa shape index (κ2) is 11.3. The molecular weight excluding hydrogens is 440 g/mol. The van der Waals surface area contributed by atoms with Gasteiger partial charge in [0.1, 0.15) is 17.3 Å². The van der Waals surface area contributed by atoms with Gasteiger partial charge in [-0.25, -0.2) is 20.1 Å². The van der Waals surface area contributed by atoms with Crippen molar-refractivity contribution in [3.63, 3.8) is 0 Å². The van der Waals surface area contributed by atoms with Gasteiger partial charge in [-0.05, 0) is 62.1 Å². The van der Waals surface area contributed by atoms with Crippen molar-refractivity contribution in [1.29, 1.82) is 0 Å². The summed E-state index contributed by atoms with van der Waals surface area (Å²) in [5.41, 5.74) is 3.02. The fourth-order valence-electron chi connectivity index (χ4n) is 4.17. The number of aromatic nitrogens is 1. The zero-order valence-electron chi connectivity index (χ0n) is 19.2. The number of aryl methyl sites for hydroxylation is 1.